The molecule has 0 saturated carbocycles. The summed E-state index contributed by atoms with van der Waals surface area (Å²) in [5, 5.41) is 6.09. The third-order valence-corrected chi connectivity index (χ3v) is 9.73. The molecule has 1 saturated heterocycles. The number of nitrogens with one attached hydrogen (secondary N) is 2. The third-order valence-electron chi connectivity index (χ3n) is 7.03. The normalized spacial score (nSPS) is 16.1. The van der Waals surface area contributed by atoms with Gasteiger partial charge in [-0.25, -0.2) is 23.2 Å². The van der Waals surface area contributed by atoms with E-state index in [9.17, 15) is 13.2 Å². The van der Waals surface area contributed by atoms with Gasteiger partial charge in [-0.2, -0.15) is 0 Å². The second-order valence-corrected chi connectivity index (χ2v) is 13.7. The SMILES string of the molecule is C[C@H]1COCCN1c1cc(C(C)(C)S(=O)(=O)c2ccc(Cl)cc2)nc(-c2ccc(NC(=O)NCCN(C)C)cc2)n1. The predicted octanol–water partition coefficient (Wildman–Crippen LogP) is 4.41. The molecule has 10 nitrogen and oxygen atoms in total. The smallest absolute Gasteiger partial charge is 0.319 e. The lowest BCUT2D eigenvalue weighted by atomic mass is 10.1. The van der Waals surface area contributed by atoms with Crippen molar-refractivity contribution in [3.05, 3.63) is 65.3 Å². The van der Waals surface area contributed by atoms with Gasteiger partial charge in [0.25, 0.3) is 0 Å². The van der Waals surface area contributed by atoms with Crippen molar-refractivity contribution in [2.24, 2.45) is 0 Å². The van der Waals surface area contributed by atoms with Gasteiger partial charge >= 0.3 is 6.03 Å². The van der Waals surface area contributed by atoms with Crippen molar-refractivity contribution in [3.63, 3.8) is 0 Å². The highest BCUT2D eigenvalue weighted by Gasteiger charge is 2.40. The first-order chi connectivity index (χ1) is 19.4. The van der Waals surface area contributed by atoms with Gasteiger partial charge in [-0.05, 0) is 83.4 Å². The van der Waals surface area contributed by atoms with Gasteiger partial charge in [0.05, 0.1) is 29.8 Å². The number of morpholine rings is 1. The Balaban J connectivity index is 1.69. The zero-order valence-electron chi connectivity index (χ0n) is 24.0. The molecule has 0 unspecified atom stereocenters. The van der Waals surface area contributed by atoms with Crippen LogP contribution >= 0.6 is 11.6 Å². The molecule has 0 spiro atoms. The fourth-order valence-electron chi connectivity index (χ4n) is 4.40. The number of aromatic nitrogens is 2. The molecule has 220 valence electrons. The molecule has 2 aromatic carbocycles. The standard InChI is InChI=1S/C29H37ClN6O4S/c1-20-19-40-17-16-36(20)26-18-25(29(2,3)41(38,39)24-12-8-22(30)9-13-24)33-27(34-26)21-6-10-23(11-7-21)32-28(37)31-14-15-35(4)5/h6-13,18,20H,14-17,19H2,1-5H3,(H2,31,32,37)/t20-/m0/s1. The van der Waals surface area contributed by atoms with Crippen molar-refractivity contribution in [1.29, 1.82) is 0 Å². The van der Waals surface area contributed by atoms with Crippen LogP contribution in [-0.4, -0.2) is 82.3 Å². The second kappa shape index (κ2) is 12.7. The van der Waals surface area contributed by atoms with Crippen LogP contribution < -0.4 is 15.5 Å². The van der Waals surface area contributed by atoms with Crippen LogP contribution in [-0.2, 0) is 19.3 Å². The maximum atomic E-state index is 13.8. The van der Waals surface area contributed by atoms with Gasteiger partial charge in [0.1, 0.15) is 10.6 Å². The van der Waals surface area contributed by atoms with Gasteiger partial charge in [-0.15, -0.1) is 0 Å². The van der Waals surface area contributed by atoms with Crippen molar-refractivity contribution < 1.29 is 17.9 Å². The maximum absolute atomic E-state index is 13.8. The Hall–Kier alpha value is -3.25. The minimum atomic E-state index is -3.85. The summed E-state index contributed by atoms with van der Waals surface area (Å²) in [5.74, 6) is 1.01. The number of carbonyl (C=O) groups is 1. The molecule has 2 N–H and O–H groups in total. The first kappa shape index (κ1) is 30.7. The molecule has 12 heteroatoms. The van der Waals surface area contributed by atoms with Crippen LogP contribution in [0, 0.1) is 0 Å². The number of sulfone groups is 1. The molecule has 1 aromatic heterocycles. The number of ether oxygens (including phenoxy) is 1. The lowest BCUT2D eigenvalue weighted by molar-refractivity contribution is 0.0985. The molecule has 1 aliphatic rings. The molecule has 4 rings (SSSR count). The second-order valence-electron chi connectivity index (χ2n) is 10.8. The van der Waals surface area contributed by atoms with Gasteiger partial charge in [0, 0.05) is 42.0 Å². The van der Waals surface area contributed by atoms with Crippen molar-refractivity contribution >= 4 is 39.0 Å². The summed E-state index contributed by atoms with van der Waals surface area (Å²) in [7, 11) is 0.0272. The first-order valence-corrected chi connectivity index (χ1v) is 15.3. The van der Waals surface area contributed by atoms with E-state index in [1.54, 1.807) is 44.2 Å². The van der Waals surface area contributed by atoms with Gasteiger partial charge in [0.15, 0.2) is 15.7 Å². The number of benzene rings is 2. The lowest BCUT2D eigenvalue weighted by Gasteiger charge is -2.35. The Bertz CT molecular complexity index is 1460. The largest absolute Gasteiger partial charge is 0.377 e. The number of likely N-dealkylation sites (N-methyl/N-ethyl adjacent to an activating group) is 1. The van der Waals surface area contributed by atoms with E-state index in [4.69, 9.17) is 26.3 Å². The molecule has 0 aliphatic carbocycles. The van der Waals surface area contributed by atoms with Crippen LogP contribution in [0.15, 0.2) is 59.5 Å². The molecule has 41 heavy (non-hydrogen) atoms. The zero-order chi connectivity index (χ0) is 29.8. The fraction of sp³-hybridized carbons (Fsp3) is 0.414. The molecule has 3 aromatic rings. The summed E-state index contributed by atoms with van der Waals surface area (Å²) in [4.78, 5) is 26.1. The molecule has 1 aliphatic heterocycles. The predicted molar refractivity (Wildman–Crippen MR) is 162 cm³/mol. The van der Waals surface area contributed by atoms with Gasteiger partial charge < -0.3 is 25.2 Å². The van der Waals surface area contributed by atoms with E-state index in [2.05, 4.69) is 15.5 Å². The van der Waals surface area contributed by atoms with Crippen LogP contribution in [0.1, 0.15) is 26.5 Å². The summed E-state index contributed by atoms with van der Waals surface area (Å²) in [5.41, 5.74) is 1.67. The Labute approximate surface area is 247 Å². The maximum Gasteiger partial charge on any atom is 0.319 e. The van der Waals surface area contributed by atoms with Crippen LogP contribution in [0.4, 0.5) is 16.3 Å². The molecule has 1 atom stereocenters. The quantitative estimate of drug-likeness (QED) is 0.371. The number of hydrogen-bond donors (Lipinski definition) is 2. The van der Waals surface area contributed by atoms with E-state index in [1.807, 2.05) is 38.1 Å². The number of rotatable bonds is 9. The minimum absolute atomic E-state index is 0.0490. The van der Waals surface area contributed by atoms with Crippen LogP contribution in [0.25, 0.3) is 11.4 Å². The highest BCUT2D eigenvalue weighted by atomic mass is 35.5. The molecular weight excluding hydrogens is 564 g/mol. The molecule has 0 bridgehead atoms. The average molecular weight is 601 g/mol. The summed E-state index contributed by atoms with van der Waals surface area (Å²) < 4.78 is 31.9. The van der Waals surface area contributed by atoms with Crippen molar-refractivity contribution in [1.82, 2.24) is 20.2 Å². The van der Waals surface area contributed by atoms with Crippen molar-refractivity contribution in [2.75, 3.05) is 57.2 Å². The number of halogens is 1. The lowest BCUT2D eigenvalue weighted by Crippen LogP contribution is -2.44. The van der Waals surface area contributed by atoms with Gasteiger partial charge in [0.2, 0.25) is 0 Å². The average Bonchev–Trinajstić information content (AvgIpc) is 2.93. The van der Waals surface area contributed by atoms with Crippen LogP contribution in [0.3, 0.4) is 0 Å². The van der Waals surface area contributed by atoms with Crippen LogP contribution in [0.5, 0.6) is 0 Å². The van der Waals surface area contributed by atoms with E-state index >= 15 is 0 Å². The number of nitrogens with zero attached hydrogens (tertiary/aromatic N) is 4. The Morgan fingerprint density at radius 3 is 2.44 bits per heavy atom. The molecule has 1 fully saturated rings. The Morgan fingerprint density at radius 1 is 1.12 bits per heavy atom. The molecular formula is C29H37ClN6O4S. The number of hydrogen-bond acceptors (Lipinski definition) is 8. The Kier molecular flexibility index (Phi) is 9.53. The highest BCUT2D eigenvalue weighted by molar-refractivity contribution is 7.92. The number of amides is 2. The van der Waals surface area contributed by atoms with E-state index in [1.165, 1.54) is 12.1 Å². The fourth-order valence-corrected chi connectivity index (χ4v) is 5.99. The first-order valence-electron chi connectivity index (χ1n) is 13.4. The minimum Gasteiger partial charge on any atom is -0.377 e. The summed E-state index contributed by atoms with van der Waals surface area (Å²) in [6, 6.07) is 14.8. The van der Waals surface area contributed by atoms with Crippen LogP contribution in [0.2, 0.25) is 5.02 Å². The number of urea groups is 1. The van der Waals surface area contributed by atoms with Crippen molar-refractivity contribution in [3.8, 4) is 11.4 Å². The summed E-state index contributed by atoms with van der Waals surface area (Å²) >= 11 is 6.02. The van der Waals surface area contributed by atoms with E-state index in [0.29, 0.717) is 59.9 Å². The molecule has 2 heterocycles. The van der Waals surface area contributed by atoms with Gasteiger partial charge in [-0.3, -0.25) is 0 Å². The summed E-state index contributed by atoms with van der Waals surface area (Å²) in [6.45, 7) is 8.30. The van der Waals surface area contributed by atoms with E-state index in [-0.39, 0.29) is 17.0 Å². The monoisotopic (exact) mass is 600 g/mol. The molecule has 2 amide bonds. The third kappa shape index (κ3) is 7.16. The summed E-state index contributed by atoms with van der Waals surface area (Å²) in [6.07, 6.45) is 0. The molecule has 0 radical (unpaired) electrons. The zero-order valence-corrected chi connectivity index (χ0v) is 25.6. The van der Waals surface area contributed by atoms with E-state index < -0.39 is 14.6 Å². The number of carbonyl (C=O) groups excluding carboxylic acids is 1. The highest BCUT2D eigenvalue weighted by Crippen LogP contribution is 2.37. The van der Waals surface area contributed by atoms with Crippen molar-refractivity contribution in [2.45, 2.75) is 36.5 Å². The topological polar surface area (TPSA) is 117 Å². The van der Waals surface area contributed by atoms with Gasteiger partial charge in [-0.1, -0.05) is 11.6 Å². The Morgan fingerprint density at radius 2 is 1.80 bits per heavy atom. The van der Waals surface area contributed by atoms with E-state index in [0.717, 1.165) is 6.54 Å². The number of anilines is 2.